The summed E-state index contributed by atoms with van der Waals surface area (Å²) in [4.78, 5) is 12.4. The maximum Gasteiger partial charge on any atom is 0.257 e. The van der Waals surface area contributed by atoms with Crippen LogP contribution in [-0.4, -0.2) is 20.8 Å². The van der Waals surface area contributed by atoms with Crippen molar-refractivity contribution in [3.05, 3.63) is 35.5 Å². The largest absolute Gasteiger partial charge is 0.378 e. The number of nitrogens with one attached hydrogen (secondary N) is 1. The number of carbonyl (C=O) groups excluding carboxylic acids is 1. The molecule has 1 aromatic carbocycles. The summed E-state index contributed by atoms with van der Waals surface area (Å²) < 4.78 is 1.82. The normalized spacial score (nSPS) is 17.4. The van der Waals surface area contributed by atoms with Crippen molar-refractivity contribution in [2.75, 3.05) is 5.32 Å². The van der Waals surface area contributed by atoms with Gasteiger partial charge in [0.25, 0.3) is 5.91 Å². The summed E-state index contributed by atoms with van der Waals surface area (Å²) in [5.41, 5.74) is 2.28. The third kappa shape index (κ3) is 2.13. The fourth-order valence-electron chi connectivity index (χ4n) is 2.09. The van der Waals surface area contributed by atoms with E-state index in [0.717, 1.165) is 15.6 Å². The molecule has 1 unspecified atom stereocenters. The van der Waals surface area contributed by atoms with Crippen LogP contribution in [0.5, 0.6) is 0 Å². The first-order chi connectivity index (χ1) is 9.04. The number of anilines is 1. The molecule has 19 heavy (non-hydrogen) atoms. The number of nitrogens with zero attached hydrogens (tertiary/aromatic N) is 2. The van der Waals surface area contributed by atoms with Crippen LogP contribution in [0.25, 0.3) is 0 Å². The molecular weight excluding hydrogens is 262 g/mol. The number of aliphatic hydroxyl groups is 1. The molecule has 0 saturated carbocycles. The summed E-state index contributed by atoms with van der Waals surface area (Å²) in [6.07, 6.45) is -1.05. The zero-order valence-corrected chi connectivity index (χ0v) is 11.4. The number of rotatable bonds is 2. The molecule has 2 N–H and O–H groups in total. The molecule has 5 nitrogen and oxygen atoms in total. The standard InChI is InChI=1S/C13H13N3O2S/c1-7-5-11(16(2)15-7)19-8-3-4-9-10(6-8)14-13(18)12(9)17/h3-6,12,17H,1-2H3,(H,14,18). The van der Waals surface area contributed by atoms with Crippen LogP contribution in [0.1, 0.15) is 17.4 Å². The van der Waals surface area contributed by atoms with Gasteiger partial charge in [-0.1, -0.05) is 17.8 Å². The van der Waals surface area contributed by atoms with Crippen molar-refractivity contribution in [1.82, 2.24) is 9.78 Å². The molecule has 3 rings (SSSR count). The number of aryl methyl sites for hydroxylation is 2. The highest BCUT2D eigenvalue weighted by Gasteiger charge is 2.28. The number of hydrogen-bond donors (Lipinski definition) is 2. The third-order valence-electron chi connectivity index (χ3n) is 3.01. The van der Waals surface area contributed by atoms with Crippen LogP contribution in [-0.2, 0) is 11.8 Å². The second-order valence-corrected chi connectivity index (χ2v) is 5.58. The van der Waals surface area contributed by atoms with Gasteiger partial charge in [-0.3, -0.25) is 9.48 Å². The zero-order valence-electron chi connectivity index (χ0n) is 10.5. The molecule has 1 atom stereocenters. The Morgan fingerprint density at radius 2 is 2.21 bits per heavy atom. The number of benzene rings is 1. The van der Waals surface area contributed by atoms with Gasteiger partial charge in [0.2, 0.25) is 0 Å². The molecule has 2 aromatic rings. The van der Waals surface area contributed by atoms with Crippen LogP contribution in [0.3, 0.4) is 0 Å². The highest BCUT2D eigenvalue weighted by molar-refractivity contribution is 7.99. The molecule has 0 saturated heterocycles. The highest BCUT2D eigenvalue weighted by atomic mass is 32.2. The van der Waals surface area contributed by atoms with E-state index >= 15 is 0 Å². The fraction of sp³-hybridized carbons (Fsp3) is 0.231. The van der Waals surface area contributed by atoms with Crippen molar-refractivity contribution in [2.24, 2.45) is 7.05 Å². The summed E-state index contributed by atoms with van der Waals surface area (Å²) in [6.45, 7) is 1.95. The van der Waals surface area contributed by atoms with Gasteiger partial charge in [0.15, 0.2) is 6.10 Å². The number of aromatic nitrogens is 2. The van der Waals surface area contributed by atoms with Crippen LogP contribution >= 0.6 is 11.8 Å². The molecule has 98 valence electrons. The monoisotopic (exact) mass is 275 g/mol. The Kier molecular flexibility index (Phi) is 2.83. The Bertz CT molecular complexity index is 666. The van der Waals surface area contributed by atoms with Gasteiger partial charge in [-0.05, 0) is 25.1 Å². The van der Waals surface area contributed by atoms with E-state index in [2.05, 4.69) is 10.4 Å². The van der Waals surface area contributed by atoms with Gasteiger partial charge in [-0.25, -0.2) is 0 Å². The number of fused-ring (bicyclic) bond motifs is 1. The lowest BCUT2D eigenvalue weighted by molar-refractivity contribution is -0.123. The summed E-state index contributed by atoms with van der Waals surface area (Å²) in [7, 11) is 1.90. The Morgan fingerprint density at radius 3 is 2.89 bits per heavy atom. The number of amides is 1. The SMILES string of the molecule is Cc1cc(Sc2ccc3c(c2)NC(=O)C3O)n(C)n1. The van der Waals surface area contributed by atoms with Gasteiger partial charge in [-0.2, -0.15) is 5.10 Å². The fourth-order valence-corrected chi connectivity index (χ4v) is 3.05. The molecule has 1 aliphatic heterocycles. The minimum Gasteiger partial charge on any atom is -0.378 e. The zero-order chi connectivity index (χ0) is 13.6. The highest BCUT2D eigenvalue weighted by Crippen LogP contribution is 2.36. The molecule has 0 bridgehead atoms. The van der Waals surface area contributed by atoms with Crippen molar-refractivity contribution < 1.29 is 9.90 Å². The molecule has 0 spiro atoms. The van der Waals surface area contributed by atoms with E-state index < -0.39 is 6.10 Å². The Morgan fingerprint density at radius 1 is 1.42 bits per heavy atom. The van der Waals surface area contributed by atoms with Gasteiger partial charge in [0, 0.05) is 23.2 Å². The molecule has 0 aliphatic carbocycles. The third-order valence-corrected chi connectivity index (χ3v) is 4.09. The first-order valence-electron chi connectivity index (χ1n) is 5.86. The smallest absolute Gasteiger partial charge is 0.257 e. The Balaban J connectivity index is 1.90. The maximum absolute atomic E-state index is 11.4. The second-order valence-electron chi connectivity index (χ2n) is 4.49. The van der Waals surface area contributed by atoms with Gasteiger partial charge in [-0.15, -0.1) is 0 Å². The van der Waals surface area contributed by atoms with E-state index in [0.29, 0.717) is 11.3 Å². The van der Waals surface area contributed by atoms with Crippen molar-refractivity contribution in [3.8, 4) is 0 Å². The van der Waals surface area contributed by atoms with E-state index in [1.54, 1.807) is 17.8 Å². The summed E-state index contributed by atoms with van der Waals surface area (Å²) in [6, 6.07) is 7.56. The topological polar surface area (TPSA) is 67.2 Å². The molecule has 1 aliphatic rings. The first-order valence-corrected chi connectivity index (χ1v) is 6.67. The van der Waals surface area contributed by atoms with Crippen molar-refractivity contribution in [3.63, 3.8) is 0 Å². The van der Waals surface area contributed by atoms with Crippen LogP contribution in [0.15, 0.2) is 34.2 Å². The quantitative estimate of drug-likeness (QED) is 0.878. The molecule has 1 amide bonds. The number of aliphatic hydroxyl groups excluding tert-OH is 1. The molecule has 2 heterocycles. The second kappa shape index (κ2) is 4.40. The molecule has 1 aromatic heterocycles. The van der Waals surface area contributed by atoms with Crippen molar-refractivity contribution >= 4 is 23.4 Å². The lowest BCUT2D eigenvalue weighted by atomic mass is 10.1. The Hall–Kier alpha value is -1.79. The van der Waals surface area contributed by atoms with Gasteiger partial charge in [0.1, 0.15) is 0 Å². The summed E-state index contributed by atoms with van der Waals surface area (Å²) in [5.74, 6) is -0.367. The lowest BCUT2D eigenvalue weighted by Crippen LogP contribution is -2.10. The van der Waals surface area contributed by atoms with E-state index in [-0.39, 0.29) is 5.91 Å². The summed E-state index contributed by atoms with van der Waals surface area (Å²) in [5, 5.41) is 17.6. The van der Waals surface area contributed by atoms with Crippen LogP contribution in [0, 0.1) is 6.92 Å². The van der Waals surface area contributed by atoms with Gasteiger partial charge >= 0.3 is 0 Å². The van der Waals surface area contributed by atoms with E-state index in [9.17, 15) is 9.90 Å². The average molecular weight is 275 g/mol. The maximum atomic E-state index is 11.4. The van der Waals surface area contributed by atoms with Crippen LogP contribution < -0.4 is 5.32 Å². The average Bonchev–Trinajstić information content (AvgIpc) is 2.81. The van der Waals surface area contributed by atoms with Gasteiger partial charge in [0.05, 0.1) is 10.7 Å². The van der Waals surface area contributed by atoms with Crippen LogP contribution in [0.4, 0.5) is 5.69 Å². The Labute approximate surface area is 114 Å². The molecular formula is C13H13N3O2S. The van der Waals surface area contributed by atoms with Gasteiger partial charge < -0.3 is 10.4 Å². The van der Waals surface area contributed by atoms with Crippen LogP contribution in [0.2, 0.25) is 0 Å². The van der Waals surface area contributed by atoms with E-state index in [1.165, 1.54) is 0 Å². The van der Waals surface area contributed by atoms with Crippen molar-refractivity contribution in [2.45, 2.75) is 22.9 Å². The van der Waals surface area contributed by atoms with E-state index in [1.807, 2.05) is 36.9 Å². The molecule has 6 heteroatoms. The predicted molar refractivity (Wildman–Crippen MR) is 72.1 cm³/mol. The molecule has 0 radical (unpaired) electrons. The van der Waals surface area contributed by atoms with Crippen molar-refractivity contribution in [1.29, 1.82) is 0 Å². The number of hydrogen-bond acceptors (Lipinski definition) is 4. The predicted octanol–water partition coefficient (Wildman–Crippen LogP) is 1.87. The number of carbonyl (C=O) groups is 1. The minimum atomic E-state index is -1.05. The lowest BCUT2D eigenvalue weighted by Gasteiger charge is -2.05. The minimum absolute atomic E-state index is 0.367. The first kappa shape index (κ1) is 12.3. The van der Waals surface area contributed by atoms with E-state index in [4.69, 9.17) is 0 Å². The molecule has 0 fully saturated rings. The summed E-state index contributed by atoms with van der Waals surface area (Å²) >= 11 is 1.57.